The minimum Gasteiger partial charge on any atom is -0.310 e. The van der Waals surface area contributed by atoms with Gasteiger partial charge in [0.2, 0.25) is 0 Å². The Morgan fingerprint density at radius 3 is 2.53 bits per heavy atom. The number of hydrogen-bond donors (Lipinski definition) is 1. The molecule has 0 aromatic carbocycles. The fraction of sp³-hybridized carbons (Fsp3) is 0.417. The van der Waals surface area contributed by atoms with Crippen molar-refractivity contribution in [3.63, 3.8) is 0 Å². The van der Waals surface area contributed by atoms with Gasteiger partial charge in [-0.1, -0.05) is 13.8 Å². The summed E-state index contributed by atoms with van der Waals surface area (Å²) < 4.78 is 1.69. The van der Waals surface area contributed by atoms with Crippen molar-refractivity contribution in [1.82, 2.24) is 19.7 Å². The maximum atomic E-state index is 11.6. The van der Waals surface area contributed by atoms with Crippen LogP contribution in [0.5, 0.6) is 0 Å². The molecule has 17 heavy (non-hydrogen) atoms. The van der Waals surface area contributed by atoms with Gasteiger partial charge in [0.1, 0.15) is 5.82 Å². The second-order valence-corrected chi connectivity index (χ2v) is 4.48. The molecule has 0 saturated carbocycles. The topological polar surface area (TPSA) is 63.6 Å². The molecule has 0 radical (unpaired) electrons. The minimum atomic E-state index is -0.147. The molecule has 0 spiro atoms. The lowest BCUT2D eigenvalue weighted by Crippen LogP contribution is -2.15. The predicted octanol–water partition coefficient (Wildman–Crippen LogP) is 1.70. The van der Waals surface area contributed by atoms with Gasteiger partial charge >= 0.3 is 0 Å². The van der Waals surface area contributed by atoms with Crippen LogP contribution in [0.4, 0.5) is 0 Å². The van der Waals surface area contributed by atoms with Crippen molar-refractivity contribution in [2.24, 2.45) is 0 Å². The van der Waals surface area contributed by atoms with Crippen LogP contribution in [0, 0.1) is 13.8 Å². The van der Waals surface area contributed by atoms with Gasteiger partial charge in [-0.05, 0) is 19.9 Å². The monoisotopic (exact) mass is 232 g/mol. The van der Waals surface area contributed by atoms with Crippen molar-refractivity contribution >= 4 is 0 Å². The Kier molecular flexibility index (Phi) is 2.83. The molecule has 0 atom stereocenters. The van der Waals surface area contributed by atoms with E-state index in [0.717, 1.165) is 11.4 Å². The van der Waals surface area contributed by atoms with Crippen LogP contribution in [0.3, 0.4) is 0 Å². The largest absolute Gasteiger partial charge is 0.310 e. The summed E-state index contributed by atoms with van der Waals surface area (Å²) in [4.78, 5) is 18.7. The molecule has 2 heterocycles. The number of nitrogens with one attached hydrogen (secondary N) is 1. The van der Waals surface area contributed by atoms with Gasteiger partial charge in [-0.25, -0.2) is 9.67 Å². The van der Waals surface area contributed by atoms with Crippen molar-refractivity contribution in [2.75, 3.05) is 0 Å². The van der Waals surface area contributed by atoms with Crippen LogP contribution in [0.15, 0.2) is 16.9 Å². The lowest BCUT2D eigenvalue weighted by molar-refractivity contribution is 0.728. The zero-order valence-electron chi connectivity index (χ0n) is 10.5. The molecule has 2 aromatic rings. The van der Waals surface area contributed by atoms with Gasteiger partial charge in [-0.2, -0.15) is 5.10 Å². The molecule has 0 unspecified atom stereocenters. The van der Waals surface area contributed by atoms with Gasteiger partial charge in [0.05, 0.1) is 5.69 Å². The Hall–Kier alpha value is -1.91. The van der Waals surface area contributed by atoms with Crippen LogP contribution in [0.2, 0.25) is 0 Å². The second kappa shape index (κ2) is 4.16. The minimum absolute atomic E-state index is 0.147. The average Bonchev–Trinajstić information content (AvgIpc) is 2.57. The smallest absolute Gasteiger partial charge is 0.253 e. The molecule has 0 fully saturated rings. The Balaban J connectivity index is 2.60. The summed E-state index contributed by atoms with van der Waals surface area (Å²) in [7, 11) is 0. The Labute approximate surface area is 99.5 Å². The average molecular weight is 232 g/mol. The van der Waals surface area contributed by atoms with Crippen LogP contribution in [0.1, 0.15) is 37.0 Å². The van der Waals surface area contributed by atoms with E-state index in [-0.39, 0.29) is 11.5 Å². The van der Waals surface area contributed by atoms with Crippen molar-refractivity contribution in [2.45, 2.75) is 33.6 Å². The number of rotatable bonds is 2. The molecule has 0 aliphatic rings. The van der Waals surface area contributed by atoms with E-state index in [1.54, 1.807) is 4.68 Å². The fourth-order valence-corrected chi connectivity index (χ4v) is 1.71. The first-order valence-electron chi connectivity index (χ1n) is 5.62. The highest BCUT2D eigenvalue weighted by atomic mass is 16.1. The van der Waals surface area contributed by atoms with Gasteiger partial charge < -0.3 is 4.98 Å². The quantitative estimate of drug-likeness (QED) is 0.857. The summed E-state index contributed by atoms with van der Waals surface area (Å²) in [6.45, 7) is 7.84. The van der Waals surface area contributed by atoms with Crippen LogP contribution >= 0.6 is 0 Å². The van der Waals surface area contributed by atoms with Crippen LogP contribution in [-0.4, -0.2) is 19.7 Å². The first-order valence-corrected chi connectivity index (χ1v) is 5.62. The summed E-state index contributed by atoms with van der Waals surface area (Å²) in [5.41, 5.74) is 1.73. The first-order chi connectivity index (χ1) is 7.97. The molecule has 5 nitrogen and oxygen atoms in total. The lowest BCUT2D eigenvalue weighted by Gasteiger charge is -2.07. The highest BCUT2D eigenvalue weighted by Crippen LogP contribution is 2.11. The molecule has 0 amide bonds. The zero-order chi connectivity index (χ0) is 12.6. The highest BCUT2D eigenvalue weighted by molar-refractivity contribution is 5.25. The summed E-state index contributed by atoms with van der Waals surface area (Å²) in [6.07, 6.45) is 0. The Morgan fingerprint density at radius 1 is 1.29 bits per heavy atom. The molecule has 90 valence electrons. The Bertz CT molecular complexity index is 595. The van der Waals surface area contributed by atoms with Crippen LogP contribution in [0.25, 0.3) is 5.82 Å². The van der Waals surface area contributed by atoms with E-state index in [0.29, 0.717) is 11.6 Å². The van der Waals surface area contributed by atoms with E-state index >= 15 is 0 Å². The van der Waals surface area contributed by atoms with Crippen LogP contribution in [-0.2, 0) is 0 Å². The fourth-order valence-electron chi connectivity index (χ4n) is 1.71. The summed E-state index contributed by atoms with van der Waals surface area (Å²) in [6, 6.07) is 3.42. The number of nitrogens with zero attached hydrogens (tertiary/aromatic N) is 3. The molecule has 0 saturated heterocycles. The number of H-pyrrole nitrogens is 1. The summed E-state index contributed by atoms with van der Waals surface area (Å²) in [5, 5.41) is 4.32. The van der Waals surface area contributed by atoms with Gasteiger partial charge in [0, 0.05) is 17.7 Å². The molecule has 0 bridgehead atoms. The van der Waals surface area contributed by atoms with Crippen molar-refractivity contribution in [3.05, 3.63) is 39.7 Å². The third-order valence-electron chi connectivity index (χ3n) is 2.52. The van der Waals surface area contributed by atoms with Crippen molar-refractivity contribution < 1.29 is 0 Å². The maximum absolute atomic E-state index is 11.6. The van der Waals surface area contributed by atoms with Crippen molar-refractivity contribution in [1.29, 1.82) is 0 Å². The zero-order valence-corrected chi connectivity index (χ0v) is 10.5. The summed E-state index contributed by atoms with van der Waals surface area (Å²) in [5.74, 6) is 1.43. The molecule has 2 rings (SSSR count). The first kappa shape index (κ1) is 11.6. The van der Waals surface area contributed by atoms with Crippen molar-refractivity contribution in [3.8, 4) is 5.82 Å². The standard InChI is InChI=1S/C12H16N4O/c1-7(2)12-13-10(6-11(17)14-12)16-9(4)5-8(3)15-16/h5-7H,1-4H3,(H,13,14,17). The third-order valence-corrected chi connectivity index (χ3v) is 2.52. The van der Waals surface area contributed by atoms with Crippen LogP contribution < -0.4 is 5.56 Å². The van der Waals surface area contributed by atoms with E-state index in [2.05, 4.69) is 15.1 Å². The Morgan fingerprint density at radius 2 is 2.00 bits per heavy atom. The molecule has 1 N–H and O–H groups in total. The van der Waals surface area contributed by atoms with E-state index in [1.165, 1.54) is 6.07 Å². The highest BCUT2D eigenvalue weighted by Gasteiger charge is 2.09. The van der Waals surface area contributed by atoms with E-state index in [1.807, 2.05) is 33.8 Å². The number of aromatic nitrogens is 4. The molecular weight excluding hydrogens is 216 g/mol. The lowest BCUT2D eigenvalue weighted by atomic mass is 10.2. The molecule has 0 aliphatic carbocycles. The second-order valence-electron chi connectivity index (χ2n) is 4.48. The van der Waals surface area contributed by atoms with E-state index in [4.69, 9.17) is 0 Å². The summed E-state index contributed by atoms with van der Waals surface area (Å²) >= 11 is 0. The molecule has 2 aromatic heterocycles. The molecule has 5 heteroatoms. The van der Waals surface area contributed by atoms with E-state index in [9.17, 15) is 4.79 Å². The van der Waals surface area contributed by atoms with E-state index < -0.39 is 0 Å². The third kappa shape index (κ3) is 2.27. The predicted molar refractivity (Wildman–Crippen MR) is 65.5 cm³/mol. The van der Waals surface area contributed by atoms with Gasteiger partial charge in [-0.15, -0.1) is 0 Å². The SMILES string of the molecule is Cc1cc(C)n(-c2cc(=O)[nH]c(C(C)C)n2)n1. The number of hydrogen-bond acceptors (Lipinski definition) is 3. The van der Waals surface area contributed by atoms with Gasteiger partial charge in [-0.3, -0.25) is 4.79 Å². The molecular formula is C12H16N4O. The normalized spacial score (nSPS) is 11.1. The van der Waals surface area contributed by atoms with Gasteiger partial charge in [0.25, 0.3) is 5.56 Å². The number of aryl methyl sites for hydroxylation is 2. The number of aromatic amines is 1. The maximum Gasteiger partial charge on any atom is 0.253 e. The van der Waals surface area contributed by atoms with Gasteiger partial charge in [0.15, 0.2) is 5.82 Å². The molecule has 0 aliphatic heterocycles.